The van der Waals surface area contributed by atoms with E-state index in [-0.39, 0.29) is 5.75 Å². The number of nitrogens with zero attached hydrogens (tertiary/aromatic N) is 1. The third kappa shape index (κ3) is 2.29. The Morgan fingerprint density at radius 3 is 2.82 bits per heavy atom. The summed E-state index contributed by atoms with van der Waals surface area (Å²) in [5.41, 5.74) is 6.01. The molecule has 0 aliphatic rings. The second kappa shape index (κ2) is 3.05. The number of rotatable bonds is 1. The van der Waals surface area contributed by atoms with E-state index in [1.54, 1.807) is 31.2 Å². The average molecular weight is 150 g/mol. The van der Waals surface area contributed by atoms with Gasteiger partial charge in [0.05, 0.1) is 11.5 Å². The van der Waals surface area contributed by atoms with Gasteiger partial charge in [-0.05, 0) is 19.1 Å². The Morgan fingerprint density at radius 1 is 1.55 bits per heavy atom. The number of nitrogens with two attached hydrogens (primary N) is 1. The van der Waals surface area contributed by atoms with Crippen molar-refractivity contribution < 1.29 is 5.11 Å². The third-order valence-electron chi connectivity index (χ3n) is 1.14. The molecule has 0 aliphatic heterocycles. The largest absolute Gasteiger partial charge is 0.508 e. The third-order valence-corrected chi connectivity index (χ3v) is 1.14. The molecule has 0 saturated heterocycles. The van der Waals surface area contributed by atoms with E-state index in [2.05, 4.69) is 4.99 Å². The van der Waals surface area contributed by atoms with Crippen molar-refractivity contribution in [2.24, 2.45) is 10.7 Å². The van der Waals surface area contributed by atoms with Crippen LogP contribution in [0, 0.1) is 0 Å². The van der Waals surface area contributed by atoms with Crippen molar-refractivity contribution in [1.82, 2.24) is 0 Å². The summed E-state index contributed by atoms with van der Waals surface area (Å²) in [7, 11) is 0. The van der Waals surface area contributed by atoms with Crippen molar-refractivity contribution in [3.05, 3.63) is 24.3 Å². The Balaban J connectivity index is 2.97. The molecule has 0 heterocycles. The van der Waals surface area contributed by atoms with Gasteiger partial charge in [0, 0.05) is 6.07 Å². The SMILES string of the molecule is CC(N)=Nc1cccc(O)c1. The number of benzene rings is 1. The zero-order valence-corrected chi connectivity index (χ0v) is 6.28. The van der Waals surface area contributed by atoms with E-state index >= 15 is 0 Å². The predicted octanol–water partition coefficient (Wildman–Crippen LogP) is 1.40. The van der Waals surface area contributed by atoms with Crippen LogP contribution in [0.2, 0.25) is 0 Å². The van der Waals surface area contributed by atoms with Gasteiger partial charge in [-0.3, -0.25) is 0 Å². The number of hydrogen-bond acceptors (Lipinski definition) is 2. The molecule has 0 amide bonds. The molecule has 11 heavy (non-hydrogen) atoms. The van der Waals surface area contributed by atoms with Gasteiger partial charge in [0.2, 0.25) is 0 Å². The summed E-state index contributed by atoms with van der Waals surface area (Å²) in [5, 5.41) is 9.02. The van der Waals surface area contributed by atoms with Crippen molar-refractivity contribution in [2.45, 2.75) is 6.92 Å². The molecule has 0 spiro atoms. The number of aromatic hydroxyl groups is 1. The zero-order valence-electron chi connectivity index (χ0n) is 6.28. The summed E-state index contributed by atoms with van der Waals surface area (Å²) in [6.07, 6.45) is 0. The van der Waals surface area contributed by atoms with Gasteiger partial charge < -0.3 is 10.8 Å². The second-order valence-corrected chi connectivity index (χ2v) is 2.27. The minimum atomic E-state index is 0.201. The lowest BCUT2D eigenvalue weighted by molar-refractivity contribution is 0.475. The normalized spacial score (nSPS) is 11.5. The Kier molecular flexibility index (Phi) is 2.11. The fourth-order valence-electron chi connectivity index (χ4n) is 0.766. The molecule has 58 valence electrons. The van der Waals surface area contributed by atoms with Crippen molar-refractivity contribution in [3.63, 3.8) is 0 Å². The minimum Gasteiger partial charge on any atom is -0.508 e. The van der Waals surface area contributed by atoms with Gasteiger partial charge >= 0.3 is 0 Å². The van der Waals surface area contributed by atoms with Crippen LogP contribution in [0.1, 0.15) is 6.92 Å². The van der Waals surface area contributed by atoms with E-state index in [0.717, 1.165) is 0 Å². The highest BCUT2D eigenvalue weighted by Gasteiger charge is 1.90. The summed E-state index contributed by atoms with van der Waals surface area (Å²) in [6, 6.07) is 6.63. The fraction of sp³-hybridized carbons (Fsp3) is 0.125. The predicted molar refractivity (Wildman–Crippen MR) is 45.1 cm³/mol. The minimum absolute atomic E-state index is 0.201. The van der Waals surface area contributed by atoms with Gasteiger partial charge in [-0.1, -0.05) is 6.07 Å². The van der Waals surface area contributed by atoms with E-state index in [0.29, 0.717) is 11.5 Å². The summed E-state index contributed by atoms with van der Waals surface area (Å²) in [6.45, 7) is 1.70. The van der Waals surface area contributed by atoms with Crippen molar-refractivity contribution >= 4 is 11.5 Å². The lowest BCUT2D eigenvalue weighted by atomic mass is 10.3. The van der Waals surface area contributed by atoms with Crippen molar-refractivity contribution in [3.8, 4) is 5.75 Å². The first-order chi connectivity index (χ1) is 5.18. The first-order valence-corrected chi connectivity index (χ1v) is 3.28. The molecular weight excluding hydrogens is 140 g/mol. The van der Waals surface area contributed by atoms with Gasteiger partial charge in [0.25, 0.3) is 0 Å². The van der Waals surface area contributed by atoms with Crippen LogP contribution in [0.25, 0.3) is 0 Å². The highest BCUT2D eigenvalue weighted by atomic mass is 16.3. The summed E-state index contributed by atoms with van der Waals surface area (Å²) < 4.78 is 0. The zero-order chi connectivity index (χ0) is 8.27. The molecule has 0 radical (unpaired) electrons. The van der Waals surface area contributed by atoms with Crippen molar-refractivity contribution in [1.29, 1.82) is 0 Å². The first-order valence-electron chi connectivity index (χ1n) is 3.28. The van der Waals surface area contributed by atoms with Gasteiger partial charge in [0.15, 0.2) is 0 Å². The van der Waals surface area contributed by atoms with E-state index < -0.39 is 0 Å². The number of amidine groups is 1. The number of phenols is 1. The standard InChI is InChI=1S/C8H10N2O/c1-6(9)10-7-3-2-4-8(11)5-7/h2-5,11H,1H3,(H2,9,10). The maximum Gasteiger partial charge on any atom is 0.117 e. The van der Waals surface area contributed by atoms with Crippen LogP contribution >= 0.6 is 0 Å². The van der Waals surface area contributed by atoms with Crippen LogP contribution in [0.4, 0.5) is 5.69 Å². The molecule has 0 unspecified atom stereocenters. The van der Waals surface area contributed by atoms with Gasteiger partial charge in [-0.25, -0.2) is 4.99 Å². The van der Waals surface area contributed by atoms with Crippen LogP contribution in [-0.2, 0) is 0 Å². The monoisotopic (exact) mass is 150 g/mol. The van der Waals surface area contributed by atoms with Crippen LogP contribution in [-0.4, -0.2) is 10.9 Å². The van der Waals surface area contributed by atoms with Crippen LogP contribution in [0.5, 0.6) is 5.75 Å². The molecule has 3 N–H and O–H groups in total. The van der Waals surface area contributed by atoms with Gasteiger partial charge in [-0.2, -0.15) is 0 Å². The molecule has 1 rings (SSSR count). The van der Waals surface area contributed by atoms with E-state index in [1.165, 1.54) is 0 Å². The molecule has 0 saturated carbocycles. The molecule has 0 atom stereocenters. The molecule has 3 heteroatoms. The van der Waals surface area contributed by atoms with Gasteiger partial charge in [0.1, 0.15) is 5.75 Å². The smallest absolute Gasteiger partial charge is 0.117 e. The lowest BCUT2D eigenvalue weighted by Gasteiger charge is -1.94. The number of aliphatic imine (C=N–C) groups is 1. The summed E-state index contributed by atoms with van der Waals surface area (Å²) in [5.74, 6) is 0.683. The molecule has 1 aromatic carbocycles. The Morgan fingerprint density at radius 2 is 2.27 bits per heavy atom. The molecule has 1 aromatic rings. The molecule has 0 aliphatic carbocycles. The second-order valence-electron chi connectivity index (χ2n) is 2.27. The van der Waals surface area contributed by atoms with Crippen LogP contribution in [0.3, 0.4) is 0 Å². The Hall–Kier alpha value is -1.51. The van der Waals surface area contributed by atoms with Crippen LogP contribution < -0.4 is 5.73 Å². The van der Waals surface area contributed by atoms with Crippen LogP contribution in [0.15, 0.2) is 29.3 Å². The Labute approximate surface area is 65.2 Å². The lowest BCUT2D eigenvalue weighted by Crippen LogP contribution is -2.03. The number of phenolic OH excluding ortho intramolecular Hbond substituents is 1. The van der Waals surface area contributed by atoms with Gasteiger partial charge in [-0.15, -0.1) is 0 Å². The first kappa shape index (κ1) is 7.60. The molecule has 0 bridgehead atoms. The molecular formula is C8H10N2O. The molecule has 3 nitrogen and oxygen atoms in total. The number of hydrogen-bond donors (Lipinski definition) is 2. The highest BCUT2D eigenvalue weighted by molar-refractivity contribution is 5.80. The van der Waals surface area contributed by atoms with Crippen molar-refractivity contribution in [2.75, 3.05) is 0 Å². The summed E-state index contributed by atoms with van der Waals surface area (Å²) in [4.78, 5) is 3.95. The van der Waals surface area contributed by atoms with E-state index in [9.17, 15) is 0 Å². The highest BCUT2D eigenvalue weighted by Crippen LogP contribution is 2.17. The average Bonchev–Trinajstić information content (AvgIpc) is 1.85. The molecule has 0 aromatic heterocycles. The maximum atomic E-state index is 9.02. The quantitative estimate of drug-likeness (QED) is 0.469. The molecule has 0 fully saturated rings. The van der Waals surface area contributed by atoms with E-state index in [1.807, 2.05) is 0 Å². The fourth-order valence-corrected chi connectivity index (χ4v) is 0.766. The topological polar surface area (TPSA) is 58.6 Å². The Bertz CT molecular complexity index is 277. The summed E-state index contributed by atoms with van der Waals surface area (Å²) >= 11 is 0. The van der Waals surface area contributed by atoms with E-state index in [4.69, 9.17) is 10.8 Å². The maximum absolute atomic E-state index is 9.02.